The van der Waals surface area contributed by atoms with Crippen molar-refractivity contribution in [1.82, 2.24) is 25.0 Å². The molecular weight excluding hydrogens is 422 g/mol. The minimum Gasteiger partial charge on any atom is -0.504 e. The molecule has 2 aromatic heterocycles. The Hall–Kier alpha value is -3.33. The van der Waals surface area contributed by atoms with Crippen LogP contribution < -0.4 is 10.1 Å². The Labute approximate surface area is 193 Å². The van der Waals surface area contributed by atoms with E-state index in [4.69, 9.17) is 9.15 Å². The number of phenols is 1. The summed E-state index contributed by atoms with van der Waals surface area (Å²) in [6.45, 7) is 9.68. The number of benzene rings is 1. The summed E-state index contributed by atoms with van der Waals surface area (Å²) in [6.07, 6.45) is 3.70. The van der Waals surface area contributed by atoms with E-state index in [2.05, 4.69) is 38.8 Å². The van der Waals surface area contributed by atoms with E-state index in [1.165, 1.54) is 12.5 Å². The highest BCUT2D eigenvalue weighted by Gasteiger charge is 2.28. The zero-order valence-electron chi connectivity index (χ0n) is 19.3. The van der Waals surface area contributed by atoms with Gasteiger partial charge in [0, 0.05) is 32.6 Å². The lowest BCUT2D eigenvalue weighted by atomic mass is 10.0. The summed E-state index contributed by atoms with van der Waals surface area (Å²) in [6, 6.07) is 6.89. The van der Waals surface area contributed by atoms with Gasteiger partial charge in [-0.25, -0.2) is 0 Å². The van der Waals surface area contributed by atoms with E-state index >= 15 is 0 Å². The van der Waals surface area contributed by atoms with Crippen molar-refractivity contribution < 1.29 is 19.1 Å². The van der Waals surface area contributed by atoms with E-state index in [-0.39, 0.29) is 23.6 Å². The van der Waals surface area contributed by atoms with Crippen LogP contribution in [-0.4, -0.2) is 50.4 Å². The molecule has 1 amide bonds. The lowest BCUT2D eigenvalue weighted by Crippen LogP contribution is -2.34. The van der Waals surface area contributed by atoms with Crippen LogP contribution in [0.15, 0.2) is 41.2 Å². The zero-order valence-corrected chi connectivity index (χ0v) is 19.3. The number of carbonyl (C=O) groups excluding carboxylic acids is 1. The normalized spacial score (nSPS) is 15.2. The fourth-order valence-corrected chi connectivity index (χ4v) is 4.11. The molecule has 3 heterocycles. The van der Waals surface area contributed by atoms with Crippen molar-refractivity contribution in [3.63, 3.8) is 0 Å². The van der Waals surface area contributed by atoms with Crippen LogP contribution in [0, 0.1) is 5.92 Å². The van der Waals surface area contributed by atoms with E-state index in [0.29, 0.717) is 17.9 Å². The molecule has 9 nitrogen and oxygen atoms in total. The number of carbonyl (C=O) groups is 1. The summed E-state index contributed by atoms with van der Waals surface area (Å²) in [5.74, 6) is 2.33. The average Bonchev–Trinajstić information content (AvgIpc) is 3.42. The number of nitrogens with one attached hydrogen (secondary N) is 1. The summed E-state index contributed by atoms with van der Waals surface area (Å²) in [5, 5.41) is 22.0. The minimum absolute atomic E-state index is 0.141. The molecule has 4 rings (SSSR count). The molecule has 3 aromatic rings. The van der Waals surface area contributed by atoms with Gasteiger partial charge in [0.05, 0.1) is 24.5 Å². The zero-order chi connectivity index (χ0) is 23.4. The quantitative estimate of drug-likeness (QED) is 0.540. The van der Waals surface area contributed by atoms with Crippen molar-refractivity contribution in [3.8, 4) is 11.5 Å². The Morgan fingerprint density at radius 1 is 1.24 bits per heavy atom. The number of phenolic OH excluding ortho intramolecular Hbond substituents is 1. The number of nitrogens with zero attached hydrogens (tertiary/aromatic N) is 4. The van der Waals surface area contributed by atoms with Crippen LogP contribution >= 0.6 is 0 Å². The van der Waals surface area contributed by atoms with Crippen molar-refractivity contribution in [2.45, 2.75) is 46.3 Å². The molecule has 0 bridgehead atoms. The number of aromatic nitrogens is 3. The van der Waals surface area contributed by atoms with Crippen molar-refractivity contribution in [1.29, 1.82) is 0 Å². The summed E-state index contributed by atoms with van der Waals surface area (Å²) in [7, 11) is 0. The Morgan fingerprint density at radius 3 is 2.82 bits per heavy atom. The van der Waals surface area contributed by atoms with E-state index in [1.54, 1.807) is 12.1 Å². The SMILES string of the molecule is CCOc1cc(CN2CCc3nnc([C@H](NC(=O)c4ccoc4)C(C)C)n3CC2)ccc1O. The summed E-state index contributed by atoms with van der Waals surface area (Å²) < 4.78 is 12.7. The van der Waals surface area contributed by atoms with E-state index in [1.807, 2.05) is 19.1 Å². The Kier molecular flexibility index (Phi) is 6.98. The highest BCUT2D eigenvalue weighted by Crippen LogP contribution is 2.28. The molecule has 0 saturated carbocycles. The van der Waals surface area contributed by atoms with Crippen molar-refractivity contribution in [3.05, 3.63) is 59.6 Å². The molecule has 9 heteroatoms. The maximum Gasteiger partial charge on any atom is 0.255 e. The van der Waals surface area contributed by atoms with Gasteiger partial charge in [-0.1, -0.05) is 19.9 Å². The van der Waals surface area contributed by atoms with Crippen molar-refractivity contribution >= 4 is 5.91 Å². The van der Waals surface area contributed by atoms with Crippen LogP contribution in [0.2, 0.25) is 0 Å². The lowest BCUT2D eigenvalue weighted by Gasteiger charge is -2.23. The monoisotopic (exact) mass is 453 g/mol. The average molecular weight is 454 g/mol. The fourth-order valence-electron chi connectivity index (χ4n) is 4.11. The van der Waals surface area contributed by atoms with Crippen molar-refractivity contribution in [2.75, 3.05) is 19.7 Å². The number of ether oxygens (including phenoxy) is 1. The maximum atomic E-state index is 12.6. The van der Waals surface area contributed by atoms with E-state index in [9.17, 15) is 9.90 Å². The van der Waals surface area contributed by atoms with Gasteiger partial charge < -0.3 is 24.1 Å². The van der Waals surface area contributed by atoms with E-state index in [0.717, 1.165) is 49.8 Å². The van der Waals surface area contributed by atoms with Gasteiger partial charge in [-0.15, -0.1) is 10.2 Å². The predicted octanol–water partition coefficient (Wildman–Crippen LogP) is 3.16. The third-order valence-electron chi connectivity index (χ3n) is 5.89. The molecule has 1 atom stereocenters. The molecule has 0 saturated heterocycles. The first-order valence-electron chi connectivity index (χ1n) is 11.4. The van der Waals surface area contributed by atoms with Gasteiger partial charge in [-0.05, 0) is 36.6 Å². The van der Waals surface area contributed by atoms with Crippen LogP contribution in [0.25, 0.3) is 0 Å². The van der Waals surface area contributed by atoms with Gasteiger partial charge in [0.15, 0.2) is 17.3 Å². The number of fused-ring (bicyclic) bond motifs is 1. The number of rotatable bonds is 8. The number of hydrogen-bond donors (Lipinski definition) is 2. The largest absolute Gasteiger partial charge is 0.504 e. The fraction of sp³-hybridized carbons (Fsp3) is 0.458. The second-order valence-corrected chi connectivity index (χ2v) is 8.59. The van der Waals surface area contributed by atoms with Gasteiger partial charge in [-0.2, -0.15) is 0 Å². The minimum atomic E-state index is -0.258. The number of amides is 1. The number of furan rings is 1. The first-order chi connectivity index (χ1) is 16.0. The Balaban J connectivity index is 1.47. The first-order valence-corrected chi connectivity index (χ1v) is 11.4. The molecule has 0 fully saturated rings. The Bertz CT molecular complexity index is 1080. The van der Waals surface area contributed by atoms with Crippen LogP contribution in [0.5, 0.6) is 11.5 Å². The molecule has 0 spiro atoms. The molecule has 1 aliphatic rings. The van der Waals surface area contributed by atoms with Crippen LogP contribution in [0.3, 0.4) is 0 Å². The third kappa shape index (κ3) is 5.19. The molecule has 2 N–H and O–H groups in total. The van der Waals surface area contributed by atoms with Gasteiger partial charge in [0.1, 0.15) is 12.1 Å². The molecule has 33 heavy (non-hydrogen) atoms. The Morgan fingerprint density at radius 2 is 2.09 bits per heavy atom. The molecule has 1 aromatic carbocycles. The second-order valence-electron chi connectivity index (χ2n) is 8.59. The lowest BCUT2D eigenvalue weighted by molar-refractivity contribution is 0.0921. The standard InChI is InChI=1S/C24H31N5O4/c1-4-33-20-13-17(5-6-19(20)30)14-28-9-7-21-26-27-23(29(21)11-10-28)22(16(2)3)25-24(31)18-8-12-32-15-18/h5-6,8,12-13,15-16,22,30H,4,7,9-11,14H2,1-3H3,(H,25,31)/t22-/m1/s1. The molecule has 176 valence electrons. The summed E-state index contributed by atoms with van der Waals surface area (Å²) in [4.78, 5) is 15.0. The molecular formula is C24H31N5O4. The van der Waals surface area contributed by atoms with Gasteiger partial charge in [-0.3, -0.25) is 9.69 Å². The van der Waals surface area contributed by atoms with Gasteiger partial charge >= 0.3 is 0 Å². The van der Waals surface area contributed by atoms with Crippen LogP contribution in [0.4, 0.5) is 0 Å². The highest BCUT2D eigenvalue weighted by atomic mass is 16.5. The smallest absolute Gasteiger partial charge is 0.255 e. The highest BCUT2D eigenvalue weighted by molar-refractivity contribution is 5.94. The van der Waals surface area contributed by atoms with Crippen LogP contribution in [0.1, 0.15) is 54.4 Å². The van der Waals surface area contributed by atoms with Gasteiger partial charge in [0.25, 0.3) is 5.91 Å². The van der Waals surface area contributed by atoms with Crippen LogP contribution in [-0.2, 0) is 19.5 Å². The first kappa shape index (κ1) is 22.8. The molecule has 0 unspecified atom stereocenters. The van der Waals surface area contributed by atoms with Crippen molar-refractivity contribution in [2.24, 2.45) is 5.92 Å². The molecule has 0 aliphatic carbocycles. The third-order valence-corrected chi connectivity index (χ3v) is 5.89. The predicted molar refractivity (Wildman–Crippen MR) is 122 cm³/mol. The van der Waals surface area contributed by atoms with Gasteiger partial charge in [0.2, 0.25) is 0 Å². The maximum absolute atomic E-state index is 12.6. The molecule has 1 aliphatic heterocycles. The summed E-state index contributed by atoms with van der Waals surface area (Å²) >= 11 is 0. The number of aromatic hydroxyl groups is 1. The molecule has 0 radical (unpaired) electrons. The van der Waals surface area contributed by atoms with E-state index < -0.39 is 0 Å². The second kappa shape index (κ2) is 10.1. The topological polar surface area (TPSA) is 106 Å². The number of hydrogen-bond acceptors (Lipinski definition) is 7. The summed E-state index contributed by atoms with van der Waals surface area (Å²) in [5.41, 5.74) is 1.57.